The van der Waals surface area contributed by atoms with Gasteiger partial charge in [-0.05, 0) is 29.8 Å². The zero-order valence-corrected chi connectivity index (χ0v) is 14.2. The molecule has 0 aromatic heterocycles. The van der Waals surface area contributed by atoms with Gasteiger partial charge in [0.25, 0.3) is 0 Å². The summed E-state index contributed by atoms with van der Waals surface area (Å²) in [5, 5.41) is 9.87. The Kier molecular flexibility index (Phi) is 4.52. The molecule has 1 heterocycles. The Morgan fingerprint density at radius 1 is 1.00 bits per heavy atom. The van der Waals surface area contributed by atoms with Crippen LogP contribution >= 0.6 is 0 Å². The lowest BCUT2D eigenvalue weighted by molar-refractivity contribution is 0.1000. The molecule has 0 radical (unpaired) electrons. The minimum Gasteiger partial charge on any atom is -0.504 e. The summed E-state index contributed by atoms with van der Waals surface area (Å²) in [6.07, 6.45) is 1.68. The Bertz CT molecular complexity index is 853. The third-order valence-electron chi connectivity index (χ3n) is 3.95. The monoisotopic (exact) mass is 342 g/mol. The smallest absolute Gasteiger partial charge is 0.196 e. The van der Waals surface area contributed by atoms with Crippen molar-refractivity contribution >= 4 is 11.9 Å². The molecule has 0 unspecified atom stereocenters. The van der Waals surface area contributed by atoms with E-state index < -0.39 is 0 Å². The van der Waals surface area contributed by atoms with E-state index in [0.717, 1.165) is 0 Å². The largest absolute Gasteiger partial charge is 0.504 e. The number of Topliss-reactive ketones (excluding diaryl/α,β-unsaturated/α-hetero) is 1. The van der Waals surface area contributed by atoms with Crippen LogP contribution < -0.4 is 18.9 Å². The number of hydrogen-bond acceptors (Lipinski definition) is 6. The first-order chi connectivity index (χ1) is 12.1. The Morgan fingerprint density at radius 3 is 2.32 bits per heavy atom. The van der Waals surface area contributed by atoms with Crippen LogP contribution in [0.4, 0.5) is 0 Å². The van der Waals surface area contributed by atoms with Gasteiger partial charge in [0.1, 0.15) is 12.4 Å². The van der Waals surface area contributed by atoms with Crippen molar-refractivity contribution in [3.63, 3.8) is 0 Å². The highest BCUT2D eigenvalue weighted by Crippen LogP contribution is 2.38. The maximum atomic E-state index is 12.8. The van der Waals surface area contributed by atoms with E-state index in [1.54, 1.807) is 30.3 Å². The maximum Gasteiger partial charge on any atom is 0.196 e. The minimum atomic E-state index is -0.155. The van der Waals surface area contributed by atoms with Crippen LogP contribution in [-0.2, 0) is 0 Å². The van der Waals surface area contributed by atoms with Gasteiger partial charge in [0, 0.05) is 11.6 Å². The standard InChI is InChI=1S/C19H18O6/c1-22-15-5-4-11(7-14(15)20)6-12-10-25-16-9-18(24-3)17(23-2)8-13(16)19(12)21/h4-9,20H,10H2,1-3H3/b12-6+. The summed E-state index contributed by atoms with van der Waals surface area (Å²) < 4.78 is 21.2. The highest BCUT2D eigenvalue weighted by atomic mass is 16.5. The zero-order chi connectivity index (χ0) is 18.0. The molecule has 2 aromatic rings. The fourth-order valence-electron chi connectivity index (χ4n) is 2.66. The number of phenolic OH excluding ortho intramolecular Hbond substituents is 1. The maximum absolute atomic E-state index is 12.8. The minimum absolute atomic E-state index is 0.00725. The first kappa shape index (κ1) is 16.7. The van der Waals surface area contributed by atoms with Crippen LogP contribution in [0.2, 0.25) is 0 Å². The van der Waals surface area contributed by atoms with E-state index in [4.69, 9.17) is 18.9 Å². The van der Waals surface area contributed by atoms with Crippen molar-refractivity contribution in [1.29, 1.82) is 0 Å². The fourth-order valence-corrected chi connectivity index (χ4v) is 2.66. The van der Waals surface area contributed by atoms with Crippen molar-refractivity contribution in [2.45, 2.75) is 0 Å². The molecule has 1 aliphatic rings. The van der Waals surface area contributed by atoms with Crippen molar-refractivity contribution in [1.82, 2.24) is 0 Å². The number of phenols is 1. The van der Waals surface area contributed by atoms with E-state index in [-0.39, 0.29) is 18.1 Å². The fraction of sp³-hybridized carbons (Fsp3) is 0.211. The van der Waals surface area contributed by atoms with E-state index in [2.05, 4.69) is 0 Å². The second-order valence-electron chi connectivity index (χ2n) is 5.42. The van der Waals surface area contributed by atoms with Gasteiger partial charge in [-0.3, -0.25) is 4.79 Å². The SMILES string of the molecule is COc1ccc(/C=C2\COc3cc(OC)c(OC)cc3C2=O)cc1O. The predicted octanol–water partition coefficient (Wildman–Crippen LogP) is 3.08. The number of aromatic hydroxyl groups is 1. The summed E-state index contributed by atoms with van der Waals surface area (Å²) in [6.45, 7) is 0.133. The summed E-state index contributed by atoms with van der Waals surface area (Å²) in [5.41, 5.74) is 1.56. The second-order valence-corrected chi connectivity index (χ2v) is 5.42. The van der Waals surface area contributed by atoms with E-state index in [1.807, 2.05) is 0 Å². The number of fused-ring (bicyclic) bond motifs is 1. The molecule has 0 aliphatic carbocycles. The van der Waals surface area contributed by atoms with Crippen LogP contribution in [0.3, 0.4) is 0 Å². The molecule has 2 aromatic carbocycles. The van der Waals surface area contributed by atoms with Crippen molar-refractivity contribution in [3.8, 4) is 28.7 Å². The Labute approximate surface area is 145 Å². The average molecular weight is 342 g/mol. The molecule has 0 amide bonds. The molecule has 130 valence electrons. The van der Waals surface area contributed by atoms with Crippen LogP contribution in [0.25, 0.3) is 6.08 Å². The Balaban J connectivity index is 1.97. The van der Waals surface area contributed by atoms with Gasteiger partial charge in [0.15, 0.2) is 28.8 Å². The van der Waals surface area contributed by atoms with Crippen LogP contribution in [0, 0.1) is 0 Å². The van der Waals surface area contributed by atoms with Gasteiger partial charge in [-0.1, -0.05) is 6.07 Å². The summed E-state index contributed by atoms with van der Waals surface area (Å²) >= 11 is 0. The number of rotatable bonds is 4. The van der Waals surface area contributed by atoms with Gasteiger partial charge in [0.2, 0.25) is 0 Å². The van der Waals surface area contributed by atoms with Gasteiger partial charge in [-0.25, -0.2) is 0 Å². The van der Waals surface area contributed by atoms with Crippen LogP contribution in [0.5, 0.6) is 28.7 Å². The van der Waals surface area contributed by atoms with Gasteiger partial charge < -0.3 is 24.1 Å². The van der Waals surface area contributed by atoms with E-state index in [0.29, 0.717) is 39.7 Å². The molecule has 0 fully saturated rings. The number of benzene rings is 2. The molecule has 1 aliphatic heterocycles. The van der Waals surface area contributed by atoms with Gasteiger partial charge in [0.05, 0.1) is 26.9 Å². The quantitative estimate of drug-likeness (QED) is 0.861. The van der Waals surface area contributed by atoms with Crippen LogP contribution in [0.1, 0.15) is 15.9 Å². The molecule has 6 heteroatoms. The van der Waals surface area contributed by atoms with Crippen molar-refractivity contribution in [2.75, 3.05) is 27.9 Å². The first-order valence-electron chi connectivity index (χ1n) is 7.58. The second kappa shape index (κ2) is 6.76. The molecule has 0 saturated carbocycles. The van der Waals surface area contributed by atoms with Crippen LogP contribution in [-0.4, -0.2) is 38.8 Å². The lowest BCUT2D eigenvalue weighted by Gasteiger charge is -2.21. The molecule has 3 rings (SSSR count). The van der Waals surface area contributed by atoms with E-state index in [9.17, 15) is 9.90 Å². The van der Waals surface area contributed by atoms with E-state index >= 15 is 0 Å². The molecular weight excluding hydrogens is 324 g/mol. The van der Waals surface area contributed by atoms with E-state index in [1.165, 1.54) is 27.4 Å². The van der Waals surface area contributed by atoms with Gasteiger partial charge in [-0.2, -0.15) is 0 Å². The highest BCUT2D eigenvalue weighted by Gasteiger charge is 2.26. The van der Waals surface area contributed by atoms with Crippen molar-refractivity contribution in [2.24, 2.45) is 0 Å². The lowest BCUT2D eigenvalue weighted by Crippen LogP contribution is -2.19. The highest BCUT2D eigenvalue weighted by molar-refractivity contribution is 6.14. The number of methoxy groups -OCH3 is 3. The lowest BCUT2D eigenvalue weighted by atomic mass is 9.97. The van der Waals surface area contributed by atoms with Crippen molar-refractivity contribution < 1.29 is 28.8 Å². The third-order valence-corrected chi connectivity index (χ3v) is 3.95. The normalized spacial score (nSPS) is 14.7. The molecule has 6 nitrogen and oxygen atoms in total. The molecule has 0 bridgehead atoms. The summed E-state index contributed by atoms with van der Waals surface area (Å²) in [4.78, 5) is 12.8. The molecule has 1 N–H and O–H groups in total. The summed E-state index contributed by atoms with van der Waals surface area (Å²) in [6, 6.07) is 8.17. The van der Waals surface area contributed by atoms with Crippen molar-refractivity contribution in [3.05, 3.63) is 47.0 Å². The molecule has 0 saturated heterocycles. The zero-order valence-electron chi connectivity index (χ0n) is 14.2. The van der Waals surface area contributed by atoms with Gasteiger partial charge in [-0.15, -0.1) is 0 Å². The van der Waals surface area contributed by atoms with Crippen LogP contribution in [0.15, 0.2) is 35.9 Å². The number of carbonyl (C=O) groups is 1. The first-order valence-corrected chi connectivity index (χ1v) is 7.58. The number of ketones is 1. The number of carbonyl (C=O) groups excluding carboxylic acids is 1. The van der Waals surface area contributed by atoms with Gasteiger partial charge >= 0.3 is 0 Å². The topological polar surface area (TPSA) is 74.2 Å². The third kappa shape index (κ3) is 3.10. The number of ether oxygens (including phenoxy) is 4. The molecular formula is C19H18O6. The predicted molar refractivity (Wildman–Crippen MR) is 92.0 cm³/mol. The average Bonchev–Trinajstić information content (AvgIpc) is 2.63. The molecule has 25 heavy (non-hydrogen) atoms. The summed E-state index contributed by atoms with van der Waals surface area (Å²) in [7, 11) is 4.51. The summed E-state index contributed by atoms with van der Waals surface area (Å²) in [5.74, 6) is 1.64. The Morgan fingerprint density at radius 2 is 1.68 bits per heavy atom. The molecule has 0 spiro atoms. The Hall–Kier alpha value is -3.15. The number of hydrogen-bond donors (Lipinski definition) is 1. The molecule has 0 atom stereocenters.